The first kappa shape index (κ1) is 10.8. The van der Waals surface area contributed by atoms with Gasteiger partial charge in [0.1, 0.15) is 12.2 Å². The first-order valence-electron chi connectivity index (χ1n) is 5.65. The lowest BCUT2D eigenvalue weighted by atomic mass is 10.2. The molecular formula is C12H18O2S. The second kappa shape index (κ2) is 4.05. The molecule has 1 aliphatic rings. The number of aryl methyl sites for hydroxylation is 2. The summed E-state index contributed by atoms with van der Waals surface area (Å²) in [6.45, 7) is 8.46. The largest absolute Gasteiger partial charge is 0.482 e. The summed E-state index contributed by atoms with van der Waals surface area (Å²) in [6.07, 6.45) is 2.36. The molecule has 2 rings (SSSR count). The summed E-state index contributed by atoms with van der Waals surface area (Å²) in [6, 6.07) is 0. The molecule has 15 heavy (non-hydrogen) atoms. The highest BCUT2D eigenvalue weighted by molar-refractivity contribution is 7.12. The Balaban J connectivity index is 2.43. The maximum atomic E-state index is 5.93. The molecule has 2 heterocycles. The summed E-state index contributed by atoms with van der Waals surface area (Å²) >= 11 is 1.83. The van der Waals surface area contributed by atoms with Crippen LogP contribution in [0, 0.1) is 0 Å². The zero-order valence-electron chi connectivity index (χ0n) is 9.79. The maximum absolute atomic E-state index is 5.93. The molecule has 0 radical (unpaired) electrons. The van der Waals surface area contributed by atoms with E-state index in [0.29, 0.717) is 0 Å². The van der Waals surface area contributed by atoms with E-state index >= 15 is 0 Å². The molecule has 0 amide bonds. The van der Waals surface area contributed by atoms with Crippen LogP contribution in [0.3, 0.4) is 0 Å². The van der Waals surface area contributed by atoms with Crippen LogP contribution in [0.15, 0.2) is 0 Å². The summed E-state index contributed by atoms with van der Waals surface area (Å²) in [5, 5.41) is 0. The second-order valence-electron chi connectivity index (χ2n) is 3.96. The van der Waals surface area contributed by atoms with Gasteiger partial charge in [-0.1, -0.05) is 13.8 Å². The van der Waals surface area contributed by atoms with Crippen molar-refractivity contribution in [2.75, 3.05) is 0 Å². The van der Waals surface area contributed by atoms with Crippen molar-refractivity contribution >= 4 is 11.3 Å². The first-order chi connectivity index (χ1) is 7.17. The van der Waals surface area contributed by atoms with E-state index < -0.39 is 0 Å². The Labute approximate surface area is 95.2 Å². The van der Waals surface area contributed by atoms with Gasteiger partial charge < -0.3 is 9.47 Å². The van der Waals surface area contributed by atoms with E-state index in [4.69, 9.17) is 9.47 Å². The summed E-state index contributed by atoms with van der Waals surface area (Å²) in [5.74, 6) is 2.01. The molecule has 1 aromatic rings. The van der Waals surface area contributed by atoms with Crippen molar-refractivity contribution < 1.29 is 9.47 Å². The fraction of sp³-hybridized carbons (Fsp3) is 0.667. The van der Waals surface area contributed by atoms with E-state index in [1.54, 1.807) is 0 Å². The van der Waals surface area contributed by atoms with Crippen molar-refractivity contribution in [3.8, 4) is 11.5 Å². The van der Waals surface area contributed by atoms with Crippen LogP contribution in [-0.4, -0.2) is 12.2 Å². The van der Waals surface area contributed by atoms with Gasteiger partial charge in [-0.3, -0.25) is 0 Å². The topological polar surface area (TPSA) is 18.5 Å². The highest BCUT2D eigenvalue weighted by Gasteiger charge is 2.30. The molecule has 84 valence electrons. The van der Waals surface area contributed by atoms with Gasteiger partial charge in [-0.05, 0) is 26.7 Å². The molecule has 0 aliphatic carbocycles. The van der Waals surface area contributed by atoms with Gasteiger partial charge in [-0.15, -0.1) is 11.3 Å². The van der Waals surface area contributed by atoms with Crippen LogP contribution < -0.4 is 9.47 Å². The number of hydrogen-bond acceptors (Lipinski definition) is 3. The van der Waals surface area contributed by atoms with Crippen LogP contribution in [0.1, 0.15) is 37.4 Å². The number of ether oxygens (including phenoxy) is 2. The Kier molecular flexibility index (Phi) is 2.91. The molecule has 0 N–H and O–H groups in total. The third-order valence-electron chi connectivity index (χ3n) is 2.87. The molecule has 0 aromatic carbocycles. The molecule has 3 heteroatoms. The molecule has 1 aromatic heterocycles. The molecule has 2 nitrogen and oxygen atoms in total. The molecule has 2 unspecified atom stereocenters. The lowest BCUT2D eigenvalue weighted by molar-refractivity contribution is 0.0426. The normalized spacial score (nSPS) is 24.3. The third kappa shape index (κ3) is 1.73. The fourth-order valence-corrected chi connectivity index (χ4v) is 2.82. The minimum absolute atomic E-state index is 0.155. The average Bonchev–Trinajstić information content (AvgIpc) is 2.56. The van der Waals surface area contributed by atoms with E-state index in [2.05, 4.69) is 27.7 Å². The highest BCUT2D eigenvalue weighted by atomic mass is 32.1. The summed E-state index contributed by atoms with van der Waals surface area (Å²) in [7, 11) is 0. The SMILES string of the molecule is CCc1sc(CC)c2c1OC(C)C(C)O2. The summed E-state index contributed by atoms with van der Waals surface area (Å²) < 4.78 is 11.9. The van der Waals surface area contributed by atoms with Gasteiger partial charge in [0.05, 0.1) is 9.75 Å². The average molecular weight is 226 g/mol. The standard InChI is InChI=1S/C12H18O2S/c1-5-9-11-12(10(6-2)15-9)14-8(4)7(3)13-11/h7-8H,5-6H2,1-4H3. The molecule has 0 spiro atoms. The molecule has 1 aliphatic heterocycles. The number of rotatable bonds is 2. The highest BCUT2D eigenvalue weighted by Crippen LogP contribution is 2.46. The van der Waals surface area contributed by atoms with Gasteiger partial charge in [-0.2, -0.15) is 0 Å². The Morgan fingerprint density at radius 3 is 1.67 bits per heavy atom. The van der Waals surface area contributed by atoms with Crippen molar-refractivity contribution in [3.05, 3.63) is 9.75 Å². The van der Waals surface area contributed by atoms with Gasteiger partial charge in [0, 0.05) is 0 Å². The molecule has 2 atom stereocenters. The van der Waals surface area contributed by atoms with Gasteiger partial charge in [0.2, 0.25) is 0 Å². The fourth-order valence-electron chi connectivity index (χ4n) is 1.76. The zero-order chi connectivity index (χ0) is 11.0. The molecule has 0 bridgehead atoms. The van der Waals surface area contributed by atoms with Crippen LogP contribution in [0.4, 0.5) is 0 Å². The third-order valence-corrected chi connectivity index (χ3v) is 4.31. The van der Waals surface area contributed by atoms with Crippen molar-refractivity contribution in [3.63, 3.8) is 0 Å². The Hall–Kier alpha value is -0.700. The molecule has 0 saturated heterocycles. The zero-order valence-corrected chi connectivity index (χ0v) is 10.6. The molecule has 0 saturated carbocycles. The van der Waals surface area contributed by atoms with Crippen molar-refractivity contribution in [2.24, 2.45) is 0 Å². The van der Waals surface area contributed by atoms with Crippen LogP contribution >= 0.6 is 11.3 Å². The van der Waals surface area contributed by atoms with E-state index in [-0.39, 0.29) is 12.2 Å². The molecule has 0 fully saturated rings. The Morgan fingerprint density at radius 2 is 1.33 bits per heavy atom. The smallest absolute Gasteiger partial charge is 0.175 e. The van der Waals surface area contributed by atoms with Crippen molar-refractivity contribution in [1.82, 2.24) is 0 Å². The lowest BCUT2D eigenvalue weighted by Crippen LogP contribution is -2.35. The predicted molar refractivity (Wildman–Crippen MR) is 63.3 cm³/mol. The Bertz CT molecular complexity index is 324. The minimum atomic E-state index is 0.155. The Morgan fingerprint density at radius 1 is 0.933 bits per heavy atom. The maximum Gasteiger partial charge on any atom is 0.175 e. The monoisotopic (exact) mass is 226 g/mol. The second-order valence-corrected chi connectivity index (χ2v) is 5.15. The van der Waals surface area contributed by atoms with Crippen molar-refractivity contribution in [2.45, 2.75) is 52.7 Å². The predicted octanol–water partition coefficient (Wildman–Crippen LogP) is 3.42. The summed E-state index contributed by atoms with van der Waals surface area (Å²) in [5.41, 5.74) is 0. The summed E-state index contributed by atoms with van der Waals surface area (Å²) in [4.78, 5) is 2.64. The molecular weight excluding hydrogens is 208 g/mol. The van der Waals surface area contributed by atoms with Crippen LogP contribution in [0.2, 0.25) is 0 Å². The van der Waals surface area contributed by atoms with E-state index in [0.717, 1.165) is 24.3 Å². The number of thiophene rings is 1. The van der Waals surface area contributed by atoms with Crippen LogP contribution in [-0.2, 0) is 12.8 Å². The van der Waals surface area contributed by atoms with Gasteiger partial charge in [-0.25, -0.2) is 0 Å². The minimum Gasteiger partial charge on any atom is -0.482 e. The van der Waals surface area contributed by atoms with E-state index in [1.807, 2.05) is 11.3 Å². The van der Waals surface area contributed by atoms with Crippen molar-refractivity contribution in [1.29, 1.82) is 0 Å². The number of hydrogen-bond donors (Lipinski definition) is 0. The van der Waals surface area contributed by atoms with E-state index in [9.17, 15) is 0 Å². The van der Waals surface area contributed by atoms with E-state index in [1.165, 1.54) is 9.75 Å². The van der Waals surface area contributed by atoms with Crippen LogP contribution in [0.5, 0.6) is 11.5 Å². The van der Waals surface area contributed by atoms with Gasteiger partial charge in [0.25, 0.3) is 0 Å². The van der Waals surface area contributed by atoms with Crippen LogP contribution in [0.25, 0.3) is 0 Å². The number of fused-ring (bicyclic) bond motifs is 1. The quantitative estimate of drug-likeness (QED) is 0.769. The van der Waals surface area contributed by atoms with Gasteiger partial charge in [0.15, 0.2) is 11.5 Å². The lowest BCUT2D eigenvalue weighted by Gasteiger charge is -2.29. The first-order valence-corrected chi connectivity index (χ1v) is 6.46. The van der Waals surface area contributed by atoms with Gasteiger partial charge >= 0.3 is 0 Å².